The van der Waals surface area contributed by atoms with Crippen LogP contribution in [0.5, 0.6) is 0 Å². The summed E-state index contributed by atoms with van der Waals surface area (Å²) in [6, 6.07) is 9.20. The molecular formula is C28H42N4O4. The van der Waals surface area contributed by atoms with Crippen LogP contribution in [0.3, 0.4) is 0 Å². The molecule has 4 N–H and O–H groups in total. The third kappa shape index (κ3) is 6.65. The summed E-state index contributed by atoms with van der Waals surface area (Å²) in [4.78, 5) is 41.5. The summed E-state index contributed by atoms with van der Waals surface area (Å²) in [7, 11) is 0. The summed E-state index contributed by atoms with van der Waals surface area (Å²) in [5.74, 6) is -0.567. The molecule has 3 fully saturated rings. The highest BCUT2D eigenvalue weighted by Crippen LogP contribution is 2.38. The summed E-state index contributed by atoms with van der Waals surface area (Å²) in [5.41, 5.74) is 5.42. The Morgan fingerprint density at radius 1 is 1.03 bits per heavy atom. The minimum absolute atomic E-state index is 0.207. The fourth-order valence-electron chi connectivity index (χ4n) is 6.05. The van der Waals surface area contributed by atoms with Crippen LogP contribution in [0, 0.1) is 11.3 Å². The number of nitrogens with zero attached hydrogens (tertiary/aromatic N) is 1. The lowest BCUT2D eigenvalue weighted by molar-refractivity contribution is -0.143. The van der Waals surface area contributed by atoms with Crippen molar-refractivity contribution in [1.29, 1.82) is 0 Å². The van der Waals surface area contributed by atoms with Gasteiger partial charge in [-0.3, -0.25) is 19.3 Å². The zero-order chi connectivity index (χ0) is 25.4. The molecule has 2 aliphatic heterocycles. The molecule has 1 aliphatic carbocycles. The van der Waals surface area contributed by atoms with E-state index in [1.165, 1.54) is 6.42 Å². The summed E-state index contributed by atoms with van der Waals surface area (Å²) < 4.78 is 5.52. The van der Waals surface area contributed by atoms with Gasteiger partial charge in [-0.15, -0.1) is 0 Å². The zero-order valence-corrected chi connectivity index (χ0v) is 21.4. The van der Waals surface area contributed by atoms with Crippen molar-refractivity contribution in [3.05, 3.63) is 35.9 Å². The number of likely N-dealkylation sites (tertiary alicyclic amines) is 1. The van der Waals surface area contributed by atoms with Crippen LogP contribution in [0.25, 0.3) is 0 Å². The van der Waals surface area contributed by atoms with E-state index < -0.39 is 23.3 Å². The average Bonchev–Trinajstić information content (AvgIpc) is 3.41. The lowest BCUT2D eigenvalue weighted by Gasteiger charge is -2.39. The van der Waals surface area contributed by atoms with Gasteiger partial charge in [0.2, 0.25) is 17.7 Å². The van der Waals surface area contributed by atoms with Crippen molar-refractivity contribution in [2.24, 2.45) is 17.1 Å². The van der Waals surface area contributed by atoms with Crippen molar-refractivity contribution < 1.29 is 19.1 Å². The highest BCUT2D eigenvalue weighted by atomic mass is 16.5. The third-order valence-corrected chi connectivity index (χ3v) is 8.36. The van der Waals surface area contributed by atoms with Crippen LogP contribution < -0.4 is 16.4 Å². The Balaban J connectivity index is 1.40. The minimum atomic E-state index is -1.21. The van der Waals surface area contributed by atoms with Crippen molar-refractivity contribution in [1.82, 2.24) is 15.5 Å². The molecule has 36 heavy (non-hydrogen) atoms. The van der Waals surface area contributed by atoms with E-state index in [2.05, 4.69) is 15.5 Å². The van der Waals surface area contributed by atoms with Gasteiger partial charge in [0.15, 0.2) is 0 Å². The normalized spacial score (nSPS) is 23.6. The molecule has 2 atom stereocenters. The van der Waals surface area contributed by atoms with Crippen LogP contribution in [0.1, 0.15) is 63.4 Å². The first-order valence-corrected chi connectivity index (χ1v) is 13.7. The van der Waals surface area contributed by atoms with Crippen LogP contribution in [0.2, 0.25) is 0 Å². The maximum atomic E-state index is 13.4. The van der Waals surface area contributed by atoms with Crippen molar-refractivity contribution in [3.8, 4) is 0 Å². The van der Waals surface area contributed by atoms with Gasteiger partial charge in [0.05, 0.1) is 0 Å². The fourth-order valence-corrected chi connectivity index (χ4v) is 6.05. The number of hydrogen-bond donors (Lipinski definition) is 3. The maximum absolute atomic E-state index is 13.4. The van der Waals surface area contributed by atoms with Crippen molar-refractivity contribution >= 4 is 17.7 Å². The second kappa shape index (κ2) is 12.7. The minimum Gasteiger partial charge on any atom is -0.381 e. The van der Waals surface area contributed by atoms with Gasteiger partial charge in [0.1, 0.15) is 11.5 Å². The number of nitrogens with two attached hydrogens (primary N) is 1. The molecule has 1 aromatic carbocycles. The molecule has 2 heterocycles. The monoisotopic (exact) mass is 498 g/mol. The van der Waals surface area contributed by atoms with Crippen LogP contribution in [0.4, 0.5) is 0 Å². The van der Waals surface area contributed by atoms with E-state index in [1.54, 1.807) is 0 Å². The first-order chi connectivity index (χ1) is 17.5. The summed E-state index contributed by atoms with van der Waals surface area (Å²) in [6.45, 7) is 4.35. The molecule has 3 amide bonds. The molecular weight excluding hydrogens is 456 g/mol. The predicted molar refractivity (Wildman–Crippen MR) is 138 cm³/mol. The van der Waals surface area contributed by atoms with Crippen LogP contribution in [-0.4, -0.2) is 67.6 Å². The molecule has 2 saturated heterocycles. The van der Waals surface area contributed by atoms with E-state index in [1.807, 2.05) is 30.3 Å². The first kappa shape index (κ1) is 26.6. The number of benzene rings is 1. The van der Waals surface area contributed by atoms with Gasteiger partial charge in [0, 0.05) is 38.8 Å². The second-order valence-electron chi connectivity index (χ2n) is 10.8. The zero-order valence-electron chi connectivity index (χ0n) is 21.4. The molecule has 8 heteroatoms. The van der Waals surface area contributed by atoms with Gasteiger partial charge < -0.3 is 21.1 Å². The molecule has 1 unspecified atom stereocenters. The van der Waals surface area contributed by atoms with Gasteiger partial charge in [-0.1, -0.05) is 49.6 Å². The van der Waals surface area contributed by atoms with Gasteiger partial charge in [-0.2, -0.15) is 0 Å². The van der Waals surface area contributed by atoms with E-state index in [-0.39, 0.29) is 5.91 Å². The van der Waals surface area contributed by atoms with Crippen molar-refractivity contribution in [3.63, 3.8) is 0 Å². The fraction of sp³-hybridized carbons (Fsp3) is 0.679. The summed E-state index contributed by atoms with van der Waals surface area (Å²) in [5, 5.41) is 6.06. The highest BCUT2D eigenvalue weighted by molar-refractivity contribution is 6.05. The van der Waals surface area contributed by atoms with Crippen LogP contribution in [-0.2, 0) is 25.5 Å². The number of piperidine rings is 1. The number of hydrogen-bond acceptors (Lipinski definition) is 5. The second-order valence-corrected chi connectivity index (χ2v) is 10.8. The standard InChI is InChI=1S/C28H42N4O4/c29-26(34)28(13-5-6-14-28)27(35)31-24(18-21-8-2-1-3-9-21)25(33)30-19-23-10-4-7-15-32(23)20-22-11-16-36-17-12-22/h1-3,8-9,22-24H,4-7,10-20H2,(H2,29,34)(H,30,33)(H,31,35)/t23?,24-/m1/s1. The summed E-state index contributed by atoms with van der Waals surface area (Å²) >= 11 is 0. The van der Waals surface area contributed by atoms with E-state index in [0.29, 0.717) is 37.8 Å². The van der Waals surface area contributed by atoms with Gasteiger partial charge >= 0.3 is 0 Å². The Morgan fingerprint density at radius 2 is 1.75 bits per heavy atom. The number of primary amides is 1. The molecule has 0 spiro atoms. The molecule has 198 valence electrons. The molecule has 0 radical (unpaired) electrons. The smallest absolute Gasteiger partial charge is 0.242 e. The molecule has 4 rings (SSSR count). The largest absolute Gasteiger partial charge is 0.381 e. The Labute approximate surface area is 214 Å². The Kier molecular flexibility index (Phi) is 9.37. The van der Waals surface area contributed by atoms with E-state index in [0.717, 1.165) is 70.4 Å². The molecule has 1 saturated carbocycles. The predicted octanol–water partition coefficient (Wildman–Crippen LogP) is 2.16. The van der Waals surface area contributed by atoms with Gasteiger partial charge in [0.25, 0.3) is 0 Å². The number of ether oxygens (including phenoxy) is 1. The molecule has 0 bridgehead atoms. The van der Waals surface area contributed by atoms with E-state index in [4.69, 9.17) is 10.5 Å². The van der Waals surface area contributed by atoms with Crippen molar-refractivity contribution in [2.45, 2.75) is 76.3 Å². The number of nitrogens with one attached hydrogen (secondary N) is 2. The Bertz CT molecular complexity index is 881. The molecule has 3 aliphatic rings. The topological polar surface area (TPSA) is 114 Å². The summed E-state index contributed by atoms with van der Waals surface area (Å²) in [6.07, 6.45) is 8.44. The molecule has 1 aromatic rings. The lowest BCUT2D eigenvalue weighted by Crippen LogP contribution is -2.57. The first-order valence-electron chi connectivity index (χ1n) is 13.7. The number of carbonyl (C=O) groups is 3. The van der Waals surface area contributed by atoms with Gasteiger partial charge in [-0.25, -0.2) is 0 Å². The van der Waals surface area contributed by atoms with E-state index in [9.17, 15) is 14.4 Å². The molecule has 0 aromatic heterocycles. The average molecular weight is 499 g/mol. The van der Waals surface area contributed by atoms with Crippen LogP contribution in [0.15, 0.2) is 30.3 Å². The Hall–Kier alpha value is -2.45. The SMILES string of the molecule is NC(=O)C1(C(=O)N[C@H](Cc2ccccc2)C(=O)NCC2CCCCN2CC2CCOCC2)CCCC1. The maximum Gasteiger partial charge on any atom is 0.242 e. The third-order valence-electron chi connectivity index (χ3n) is 8.36. The molecule has 8 nitrogen and oxygen atoms in total. The number of carbonyl (C=O) groups excluding carboxylic acids is 3. The number of rotatable bonds is 10. The number of amides is 3. The van der Waals surface area contributed by atoms with Gasteiger partial charge in [-0.05, 0) is 56.6 Å². The van der Waals surface area contributed by atoms with E-state index >= 15 is 0 Å². The quantitative estimate of drug-likeness (QED) is 0.428. The van der Waals surface area contributed by atoms with Crippen molar-refractivity contribution in [2.75, 3.05) is 32.8 Å². The lowest BCUT2D eigenvalue weighted by atomic mass is 9.84. The highest BCUT2D eigenvalue weighted by Gasteiger charge is 2.47. The van der Waals surface area contributed by atoms with Crippen LogP contribution >= 0.6 is 0 Å². The Morgan fingerprint density at radius 3 is 2.44 bits per heavy atom.